The number of aromatic nitrogens is 5. The monoisotopic (exact) mass is 593 g/mol. The number of nitrogens with two attached hydrogens (primary N) is 1. The molecule has 1 spiro atoms. The fraction of sp³-hybridized carbons (Fsp3) is 0.538. The zero-order valence-electron chi connectivity index (χ0n) is 22.4. The van der Waals surface area contributed by atoms with E-state index in [1.54, 1.807) is 18.0 Å². The third-order valence-electron chi connectivity index (χ3n) is 8.67. The van der Waals surface area contributed by atoms with E-state index in [4.69, 9.17) is 15.5 Å². The molecule has 1 unspecified atom stereocenters. The van der Waals surface area contributed by atoms with Crippen LogP contribution in [0.4, 0.5) is 21.0 Å². The molecule has 3 aromatic heterocycles. The molecule has 3 fully saturated rings. The van der Waals surface area contributed by atoms with Gasteiger partial charge in [-0.3, -0.25) is 4.90 Å². The van der Waals surface area contributed by atoms with Crippen molar-refractivity contribution in [3.05, 3.63) is 33.5 Å². The molecule has 7 heterocycles. The molecule has 41 heavy (non-hydrogen) atoms. The smallest absolute Gasteiger partial charge is 0.320 e. The Bertz CT molecular complexity index is 1580. The number of thiophene rings is 1. The predicted octanol–water partition coefficient (Wildman–Crippen LogP) is 2.54. The van der Waals surface area contributed by atoms with Gasteiger partial charge in [0.05, 0.1) is 28.6 Å². The first-order chi connectivity index (χ1) is 19.8. The molecule has 4 aliphatic rings. The zero-order valence-corrected chi connectivity index (χ0v) is 24.1. The SMILES string of the molecule is CN(Cc1cn[nH]n1)c1nc(OC[C@@]23CCCN2CC(F)C3)nc(N2CC3(C2)SCc2sc(N)c(C#N)c23)c1C#N. The van der Waals surface area contributed by atoms with Crippen molar-refractivity contribution in [2.45, 2.75) is 48.0 Å². The van der Waals surface area contributed by atoms with Crippen LogP contribution < -0.4 is 20.3 Å². The number of halogens is 1. The number of fused-ring (bicyclic) bond motifs is 3. The second-order valence-corrected chi connectivity index (χ2v) is 13.7. The lowest BCUT2D eigenvalue weighted by molar-refractivity contribution is 0.107. The first kappa shape index (κ1) is 26.3. The van der Waals surface area contributed by atoms with E-state index in [0.29, 0.717) is 66.1 Å². The van der Waals surface area contributed by atoms with Gasteiger partial charge in [0.25, 0.3) is 0 Å². The van der Waals surface area contributed by atoms with Crippen molar-refractivity contribution in [2.24, 2.45) is 0 Å². The number of nitrogens with zero attached hydrogens (tertiary/aromatic N) is 9. The number of alkyl halides is 1. The van der Waals surface area contributed by atoms with Crippen LogP contribution in [0.25, 0.3) is 0 Å². The number of hydrogen-bond acceptors (Lipinski definition) is 13. The highest BCUT2D eigenvalue weighted by atomic mass is 32.2. The molecule has 0 aromatic carbocycles. The molecular weight excluding hydrogens is 565 g/mol. The number of nitrogens with one attached hydrogen (secondary N) is 1. The van der Waals surface area contributed by atoms with Crippen LogP contribution in [0.1, 0.15) is 46.5 Å². The third kappa shape index (κ3) is 4.17. The van der Waals surface area contributed by atoms with Crippen LogP contribution in [0.15, 0.2) is 6.20 Å². The molecule has 0 aliphatic carbocycles. The largest absolute Gasteiger partial charge is 0.461 e. The van der Waals surface area contributed by atoms with Crippen LogP contribution in [-0.2, 0) is 17.0 Å². The molecule has 7 rings (SSSR count). The second-order valence-electron chi connectivity index (χ2n) is 11.2. The van der Waals surface area contributed by atoms with Gasteiger partial charge in [-0.2, -0.15) is 35.9 Å². The van der Waals surface area contributed by atoms with Crippen molar-refractivity contribution < 1.29 is 9.13 Å². The Morgan fingerprint density at radius 2 is 2.12 bits per heavy atom. The number of anilines is 3. The van der Waals surface area contributed by atoms with E-state index < -0.39 is 6.17 Å². The van der Waals surface area contributed by atoms with E-state index in [-0.39, 0.29) is 22.9 Å². The highest BCUT2D eigenvalue weighted by molar-refractivity contribution is 8.00. The minimum Gasteiger partial charge on any atom is -0.461 e. The summed E-state index contributed by atoms with van der Waals surface area (Å²) < 4.78 is 20.3. The van der Waals surface area contributed by atoms with Crippen molar-refractivity contribution in [2.75, 3.05) is 55.4 Å². The fourth-order valence-corrected chi connectivity index (χ4v) is 9.60. The third-order valence-corrected chi connectivity index (χ3v) is 11.3. The van der Waals surface area contributed by atoms with Crippen LogP contribution in [0.3, 0.4) is 0 Å². The molecule has 2 atom stereocenters. The molecule has 3 aromatic rings. The summed E-state index contributed by atoms with van der Waals surface area (Å²) in [6, 6.07) is 4.78. The van der Waals surface area contributed by atoms with Crippen molar-refractivity contribution in [1.29, 1.82) is 10.5 Å². The lowest BCUT2D eigenvalue weighted by Crippen LogP contribution is -2.57. The maximum absolute atomic E-state index is 14.4. The Morgan fingerprint density at radius 1 is 1.29 bits per heavy atom. The van der Waals surface area contributed by atoms with Gasteiger partial charge in [-0.15, -0.1) is 23.1 Å². The van der Waals surface area contributed by atoms with Crippen molar-refractivity contribution in [3.63, 3.8) is 0 Å². The molecule has 0 amide bonds. The van der Waals surface area contributed by atoms with E-state index in [2.05, 4.69) is 37.4 Å². The molecule has 3 saturated heterocycles. The summed E-state index contributed by atoms with van der Waals surface area (Å²) in [7, 11) is 1.83. The fourth-order valence-electron chi connectivity index (χ4n) is 6.79. The van der Waals surface area contributed by atoms with Crippen LogP contribution in [0.2, 0.25) is 0 Å². The minimum atomic E-state index is -0.865. The molecule has 212 valence electrons. The van der Waals surface area contributed by atoms with E-state index in [9.17, 15) is 14.9 Å². The van der Waals surface area contributed by atoms with Gasteiger partial charge in [-0.1, -0.05) is 0 Å². The lowest BCUT2D eigenvalue weighted by Gasteiger charge is -2.48. The number of rotatable bonds is 7. The van der Waals surface area contributed by atoms with Gasteiger partial charge in [0.2, 0.25) is 0 Å². The van der Waals surface area contributed by atoms with Gasteiger partial charge in [0.1, 0.15) is 41.2 Å². The van der Waals surface area contributed by atoms with Crippen molar-refractivity contribution >= 4 is 39.7 Å². The Kier molecular flexibility index (Phi) is 6.22. The number of nitriles is 2. The van der Waals surface area contributed by atoms with Gasteiger partial charge in [-0.25, -0.2) is 4.39 Å². The summed E-state index contributed by atoms with van der Waals surface area (Å²) in [6.07, 6.45) is 3.07. The van der Waals surface area contributed by atoms with E-state index in [1.807, 2.05) is 16.8 Å². The molecule has 3 N–H and O–H groups in total. The number of nitrogen functional groups attached to an aromatic ring is 1. The molecule has 12 nitrogen and oxygen atoms in total. The van der Waals surface area contributed by atoms with Crippen LogP contribution in [-0.4, -0.2) is 81.8 Å². The van der Waals surface area contributed by atoms with Crippen molar-refractivity contribution in [1.82, 2.24) is 30.3 Å². The standard InChI is InChI=1S/C26H28FN11OS2/c1-36(10-16-8-31-35-34-16)22-18(7-29)23(33-24(32-22)39-14-25-3-2-4-38(25)9-15(27)5-25)37-12-26(13-37)20-17(6-28)21(30)41-19(20)11-40-26/h8,15H,2-5,9-14,30H2,1H3,(H,31,34,35)/t15?,25-/m0/s1. The number of thioether (sulfide) groups is 1. The van der Waals surface area contributed by atoms with Crippen LogP contribution >= 0.6 is 23.1 Å². The molecule has 0 saturated carbocycles. The Morgan fingerprint density at radius 3 is 2.88 bits per heavy atom. The van der Waals surface area contributed by atoms with E-state index in [0.717, 1.165) is 35.6 Å². The Hall–Kier alpha value is -3.66. The van der Waals surface area contributed by atoms with Gasteiger partial charge in [0.15, 0.2) is 11.6 Å². The van der Waals surface area contributed by atoms with Gasteiger partial charge in [0, 0.05) is 49.3 Å². The van der Waals surface area contributed by atoms with E-state index in [1.165, 1.54) is 11.3 Å². The first-order valence-corrected chi connectivity index (χ1v) is 15.3. The highest BCUT2D eigenvalue weighted by Crippen LogP contribution is 2.58. The lowest BCUT2D eigenvalue weighted by atomic mass is 9.88. The molecular formula is C26H28FN11OS2. The average Bonchev–Trinajstić information content (AvgIpc) is 3.74. The summed E-state index contributed by atoms with van der Waals surface area (Å²) in [5, 5.41) is 31.3. The van der Waals surface area contributed by atoms with Gasteiger partial charge < -0.3 is 20.3 Å². The number of H-pyrrole nitrogens is 1. The Labute approximate surface area is 244 Å². The maximum Gasteiger partial charge on any atom is 0.320 e. The highest BCUT2D eigenvalue weighted by Gasteiger charge is 2.53. The average molecular weight is 594 g/mol. The van der Waals surface area contributed by atoms with Gasteiger partial charge >= 0.3 is 6.01 Å². The van der Waals surface area contributed by atoms with E-state index >= 15 is 0 Å². The Balaban J connectivity index is 1.21. The predicted molar refractivity (Wildman–Crippen MR) is 152 cm³/mol. The molecule has 0 bridgehead atoms. The normalized spacial score (nSPS) is 24.1. The molecule has 15 heteroatoms. The van der Waals surface area contributed by atoms with Crippen LogP contribution in [0, 0.1) is 22.7 Å². The topological polar surface area (TPSA) is 160 Å². The summed E-state index contributed by atoms with van der Waals surface area (Å²) in [6.45, 7) is 3.10. The zero-order chi connectivity index (χ0) is 28.4. The van der Waals surface area contributed by atoms with Gasteiger partial charge in [-0.05, 0) is 19.4 Å². The first-order valence-electron chi connectivity index (χ1n) is 13.5. The quantitative estimate of drug-likeness (QED) is 0.413. The minimum absolute atomic E-state index is 0.155. The second kappa shape index (κ2) is 9.72. The molecule has 4 aliphatic heterocycles. The van der Waals surface area contributed by atoms with Crippen LogP contribution in [0.5, 0.6) is 6.01 Å². The molecule has 0 radical (unpaired) electrons. The summed E-state index contributed by atoms with van der Waals surface area (Å²) in [5.41, 5.74) is 8.42. The maximum atomic E-state index is 14.4. The summed E-state index contributed by atoms with van der Waals surface area (Å²) in [5.74, 6) is 1.71. The number of ether oxygens (including phenoxy) is 1. The number of aromatic amines is 1. The summed E-state index contributed by atoms with van der Waals surface area (Å²) in [4.78, 5) is 16.6. The number of hydrogen-bond donors (Lipinski definition) is 2. The van der Waals surface area contributed by atoms with Crippen molar-refractivity contribution in [3.8, 4) is 18.1 Å². The summed E-state index contributed by atoms with van der Waals surface area (Å²) >= 11 is 3.29.